The van der Waals surface area contributed by atoms with E-state index < -0.39 is 0 Å². The highest BCUT2D eigenvalue weighted by Crippen LogP contribution is 2.57. The quantitative estimate of drug-likeness (QED) is 0.883. The fraction of sp³-hybridized carbons (Fsp3) is 0.462. The van der Waals surface area contributed by atoms with Gasteiger partial charge in [-0.3, -0.25) is 4.79 Å². The zero-order chi connectivity index (χ0) is 11.1. The Morgan fingerprint density at radius 2 is 1.81 bits per heavy atom. The normalized spacial score (nSPS) is 30.9. The van der Waals surface area contributed by atoms with E-state index in [1.165, 1.54) is 19.3 Å². The molecule has 2 saturated carbocycles. The summed E-state index contributed by atoms with van der Waals surface area (Å²) in [6.45, 7) is 0. The van der Waals surface area contributed by atoms with E-state index in [0.717, 1.165) is 10.2 Å². The molecule has 1 N–H and O–H groups in total. The van der Waals surface area contributed by atoms with Crippen LogP contribution in [0.15, 0.2) is 28.7 Å². The number of carbonyl (C=O) groups is 1. The SMILES string of the molecule is O=C(Nc1ccc(Br)cc1)C1C2CCCC21. The van der Waals surface area contributed by atoms with Crippen molar-refractivity contribution in [3.05, 3.63) is 28.7 Å². The zero-order valence-electron chi connectivity index (χ0n) is 8.95. The van der Waals surface area contributed by atoms with Crippen molar-refractivity contribution >= 4 is 27.5 Å². The van der Waals surface area contributed by atoms with E-state index in [-0.39, 0.29) is 5.91 Å². The monoisotopic (exact) mass is 279 g/mol. The third kappa shape index (κ3) is 1.77. The molecule has 1 aromatic rings. The van der Waals surface area contributed by atoms with E-state index in [9.17, 15) is 4.79 Å². The smallest absolute Gasteiger partial charge is 0.228 e. The zero-order valence-corrected chi connectivity index (χ0v) is 10.5. The second-order valence-corrected chi connectivity index (χ2v) is 5.70. The van der Waals surface area contributed by atoms with Crippen LogP contribution >= 0.6 is 15.9 Å². The van der Waals surface area contributed by atoms with Crippen LogP contribution in [0, 0.1) is 17.8 Å². The number of fused-ring (bicyclic) bond motifs is 1. The summed E-state index contributed by atoms with van der Waals surface area (Å²) >= 11 is 3.38. The lowest BCUT2D eigenvalue weighted by atomic mass is 10.1. The van der Waals surface area contributed by atoms with E-state index in [1.54, 1.807) is 0 Å². The van der Waals surface area contributed by atoms with Crippen LogP contribution in [-0.2, 0) is 4.79 Å². The molecule has 0 saturated heterocycles. The lowest BCUT2D eigenvalue weighted by Gasteiger charge is -2.06. The third-order valence-corrected chi connectivity index (χ3v) is 4.35. The molecule has 0 aliphatic heterocycles. The molecule has 2 atom stereocenters. The molecule has 2 aliphatic rings. The predicted octanol–water partition coefficient (Wildman–Crippen LogP) is 3.43. The largest absolute Gasteiger partial charge is 0.326 e. The first-order chi connectivity index (χ1) is 7.75. The van der Waals surface area contributed by atoms with Gasteiger partial charge in [0.2, 0.25) is 5.91 Å². The van der Waals surface area contributed by atoms with Crippen LogP contribution in [0.25, 0.3) is 0 Å². The van der Waals surface area contributed by atoms with Crippen molar-refractivity contribution in [2.24, 2.45) is 17.8 Å². The number of rotatable bonds is 2. The maximum Gasteiger partial charge on any atom is 0.228 e. The van der Waals surface area contributed by atoms with Crippen molar-refractivity contribution in [1.82, 2.24) is 0 Å². The summed E-state index contributed by atoms with van der Waals surface area (Å²) in [5.41, 5.74) is 0.901. The van der Waals surface area contributed by atoms with Crippen molar-refractivity contribution in [3.63, 3.8) is 0 Å². The lowest BCUT2D eigenvalue weighted by Crippen LogP contribution is -2.16. The Morgan fingerprint density at radius 3 is 2.44 bits per heavy atom. The Kier molecular flexibility index (Phi) is 2.51. The summed E-state index contributed by atoms with van der Waals surface area (Å²) in [5, 5.41) is 3.00. The van der Waals surface area contributed by atoms with Crippen molar-refractivity contribution in [2.45, 2.75) is 19.3 Å². The number of benzene rings is 1. The molecule has 3 heteroatoms. The summed E-state index contributed by atoms with van der Waals surface area (Å²) in [4.78, 5) is 12.0. The Labute approximate surface area is 104 Å². The summed E-state index contributed by atoms with van der Waals surface area (Å²) in [5.74, 6) is 1.90. The van der Waals surface area contributed by atoms with E-state index >= 15 is 0 Å². The van der Waals surface area contributed by atoms with Crippen LogP contribution in [0.4, 0.5) is 5.69 Å². The number of nitrogens with one attached hydrogen (secondary N) is 1. The minimum Gasteiger partial charge on any atom is -0.326 e. The Morgan fingerprint density at radius 1 is 1.19 bits per heavy atom. The van der Waals surface area contributed by atoms with Gasteiger partial charge in [-0.2, -0.15) is 0 Å². The second kappa shape index (κ2) is 3.88. The van der Waals surface area contributed by atoms with E-state index in [2.05, 4.69) is 21.2 Å². The van der Waals surface area contributed by atoms with Gasteiger partial charge in [-0.25, -0.2) is 0 Å². The number of halogens is 1. The lowest BCUT2D eigenvalue weighted by molar-refractivity contribution is -0.118. The molecule has 0 heterocycles. The molecule has 0 aromatic heterocycles. The van der Waals surface area contributed by atoms with Crippen LogP contribution in [0.2, 0.25) is 0 Å². The van der Waals surface area contributed by atoms with Gasteiger partial charge in [-0.1, -0.05) is 22.4 Å². The van der Waals surface area contributed by atoms with Gasteiger partial charge in [0, 0.05) is 16.1 Å². The van der Waals surface area contributed by atoms with Gasteiger partial charge in [-0.15, -0.1) is 0 Å². The van der Waals surface area contributed by atoms with Gasteiger partial charge in [0.15, 0.2) is 0 Å². The van der Waals surface area contributed by atoms with E-state index in [0.29, 0.717) is 17.8 Å². The van der Waals surface area contributed by atoms with Gasteiger partial charge >= 0.3 is 0 Å². The highest BCUT2D eigenvalue weighted by atomic mass is 79.9. The maximum atomic E-state index is 12.0. The Balaban J connectivity index is 1.63. The molecule has 0 spiro atoms. The molecule has 0 bridgehead atoms. The van der Waals surface area contributed by atoms with Crippen molar-refractivity contribution in [1.29, 1.82) is 0 Å². The molecule has 0 radical (unpaired) electrons. The highest BCUT2D eigenvalue weighted by Gasteiger charge is 2.56. The van der Waals surface area contributed by atoms with Gasteiger partial charge in [0.05, 0.1) is 0 Å². The molecule has 84 valence electrons. The molecule has 2 fully saturated rings. The summed E-state index contributed by atoms with van der Waals surface area (Å²) in [6, 6.07) is 7.76. The number of carbonyl (C=O) groups excluding carboxylic acids is 1. The van der Waals surface area contributed by atoms with Gasteiger partial charge in [-0.05, 0) is 48.9 Å². The second-order valence-electron chi connectivity index (χ2n) is 4.78. The fourth-order valence-electron chi connectivity index (χ4n) is 2.97. The first-order valence-corrected chi connectivity index (χ1v) is 6.61. The number of amides is 1. The van der Waals surface area contributed by atoms with Crippen molar-refractivity contribution in [2.75, 3.05) is 5.32 Å². The van der Waals surface area contributed by atoms with Gasteiger partial charge in [0.25, 0.3) is 0 Å². The Bertz CT molecular complexity index is 404. The summed E-state index contributed by atoms with van der Waals surface area (Å²) < 4.78 is 1.04. The van der Waals surface area contributed by atoms with Crippen LogP contribution in [0.5, 0.6) is 0 Å². The standard InChI is InChI=1S/C13H14BrNO/c14-8-4-6-9(7-5-8)15-13(16)12-10-2-1-3-11(10)12/h4-7,10-12H,1-3H2,(H,15,16). The van der Waals surface area contributed by atoms with E-state index in [4.69, 9.17) is 0 Å². The van der Waals surface area contributed by atoms with Crippen LogP contribution in [0.3, 0.4) is 0 Å². The minimum atomic E-state index is 0.219. The first-order valence-electron chi connectivity index (χ1n) is 5.82. The molecule has 2 nitrogen and oxygen atoms in total. The van der Waals surface area contributed by atoms with Gasteiger partial charge in [0.1, 0.15) is 0 Å². The molecule has 3 rings (SSSR count). The average molecular weight is 280 g/mol. The molecule has 1 amide bonds. The maximum absolute atomic E-state index is 12.0. The molecule has 16 heavy (non-hydrogen) atoms. The van der Waals surface area contributed by atoms with Crippen LogP contribution in [0.1, 0.15) is 19.3 Å². The topological polar surface area (TPSA) is 29.1 Å². The molecule has 2 aliphatic carbocycles. The number of hydrogen-bond donors (Lipinski definition) is 1. The van der Waals surface area contributed by atoms with Gasteiger partial charge < -0.3 is 5.32 Å². The fourth-order valence-corrected chi connectivity index (χ4v) is 3.23. The number of hydrogen-bond acceptors (Lipinski definition) is 1. The van der Waals surface area contributed by atoms with Crippen LogP contribution < -0.4 is 5.32 Å². The van der Waals surface area contributed by atoms with Crippen LogP contribution in [-0.4, -0.2) is 5.91 Å². The minimum absolute atomic E-state index is 0.219. The third-order valence-electron chi connectivity index (χ3n) is 3.82. The summed E-state index contributed by atoms with van der Waals surface area (Å²) in [7, 11) is 0. The van der Waals surface area contributed by atoms with E-state index in [1.807, 2.05) is 24.3 Å². The predicted molar refractivity (Wildman–Crippen MR) is 67.1 cm³/mol. The highest BCUT2D eigenvalue weighted by molar-refractivity contribution is 9.10. The van der Waals surface area contributed by atoms with Crippen molar-refractivity contribution in [3.8, 4) is 0 Å². The van der Waals surface area contributed by atoms with Crippen molar-refractivity contribution < 1.29 is 4.79 Å². The molecular weight excluding hydrogens is 266 g/mol. The molecule has 1 aromatic carbocycles. The summed E-state index contributed by atoms with van der Waals surface area (Å²) in [6.07, 6.45) is 3.82. The average Bonchev–Trinajstić information content (AvgIpc) is 2.76. The first kappa shape index (κ1) is 10.3. The molecular formula is C13H14BrNO. The number of anilines is 1. The molecule has 2 unspecified atom stereocenters. The Hall–Kier alpha value is -0.830.